The molecule has 0 aliphatic carbocycles. The Morgan fingerprint density at radius 1 is 1.30 bits per heavy atom. The lowest BCUT2D eigenvalue weighted by Gasteiger charge is -2.36. The SMILES string of the molecule is C/C=C(\C=C(\CO)N=N)OCCO[Si](C)(C)C(C)(C)C. The van der Waals surface area contributed by atoms with Crippen molar-refractivity contribution in [3.8, 4) is 0 Å². The number of hydrogen-bond donors (Lipinski definition) is 2. The van der Waals surface area contributed by atoms with Crippen LogP contribution in [0.2, 0.25) is 18.1 Å². The number of allylic oxidation sites excluding steroid dienone is 2. The van der Waals surface area contributed by atoms with Crippen LogP contribution in [0.5, 0.6) is 0 Å². The van der Waals surface area contributed by atoms with Gasteiger partial charge in [0, 0.05) is 6.08 Å². The molecule has 0 fully saturated rings. The van der Waals surface area contributed by atoms with E-state index in [1.807, 2.05) is 6.92 Å². The lowest BCUT2D eigenvalue weighted by molar-refractivity contribution is 0.154. The molecule has 0 aromatic heterocycles. The number of nitrogens with zero attached hydrogens (tertiary/aromatic N) is 1. The van der Waals surface area contributed by atoms with Gasteiger partial charge in [0.1, 0.15) is 12.4 Å². The highest BCUT2D eigenvalue weighted by Gasteiger charge is 2.36. The van der Waals surface area contributed by atoms with E-state index in [1.54, 1.807) is 12.2 Å². The van der Waals surface area contributed by atoms with Crippen LogP contribution in [0.4, 0.5) is 0 Å². The molecule has 0 spiro atoms. The summed E-state index contributed by atoms with van der Waals surface area (Å²) >= 11 is 0. The molecule has 0 aliphatic rings. The van der Waals surface area contributed by atoms with Crippen LogP contribution in [0.15, 0.2) is 28.7 Å². The molecule has 5 nitrogen and oxygen atoms in total. The monoisotopic (exact) mass is 300 g/mol. The third-order valence-corrected chi connectivity index (χ3v) is 8.06. The first-order valence-electron chi connectivity index (χ1n) is 6.80. The van der Waals surface area contributed by atoms with Crippen LogP contribution in [-0.2, 0) is 9.16 Å². The minimum atomic E-state index is -1.74. The summed E-state index contributed by atoms with van der Waals surface area (Å²) in [5.41, 5.74) is 7.15. The Kier molecular flexibility index (Phi) is 7.93. The van der Waals surface area contributed by atoms with Gasteiger partial charge in [0.05, 0.1) is 18.9 Å². The molecule has 2 N–H and O–H groups in total. The van der Waals surface area contributed by atoms with E-state index >= 15 is 0 Å². The minimum absolute atomic E-state index is 0.185. The number of aliphatic hydroxyl groups excluding tert-OH is 1. The Bertz CT molecular complexity index is 371. The Balaban J connectivity index is 4.31. The van der Waals surface area contributed by atoms with Crippen LogP contribution in [0.1, 0.15) is 27.7 Å². The molecule has 0 rings (SSSR count). The first-order valence-corrected chi connectivity index (χ1v) is 9.70. The quantitative estimate of drug-likeness (QED) is 0.235. The molecular formula is C14H28N2O3Si. The van der Waals surface area contributed by atoms with Crippen LogP contribution in [0.3, 0.4) is 0 Å². The topological polar surface area (TPSA) is 74.9 Å². The molecule has 0 amide bonds. The summed E-state index contributed by atoms with van der Waals surface area (Å²) in [6, 6.07) is 0. The van der Waals surface area contributed by atoms with Gasteiger partial charge >= 0.3 is 0 Å². The summed E-state index contributed by atoms with van der Waals surface area (Å²) in [5, 5.41) is 12.3. The van der Waals surface area contributed by atoms with Crippen molar-refractivity contribution in [3.05, 3.63) is 23.6 Å². The van der Waals surface area contributed by atoms with Gasteiger partial charge in [0.15, 0.2) is 8.32 Å². The Morgan fingerprint density at radius 2 is 1.90 bits per heavy atom. The third kappa shape index (κ3) is 6.45. The molecule has 0 unspecified atom stereocenters. The second-order valence-corrected chi connectivity index (χ2v) is 10.9. The van der Waals surface area contributed by atoms with Gasteiger partial charge in [-0.15, -0.1) is 0 Å². The highest BCUT2D eigenvalue weighted by molar-refractivity contribution is 6.74. The van der Waals surface area contributed by atoms with Crippen LogP contribution < -0.4 is 0 Å². The van der Waals surface area contributed by atoms with Gasteiger partial charge in [-0.3, -0.25) is 0 Å². The first-order chi connectivity index (χ1) is 9.17. The summed E-state index contributed by atoms with van der Waals surface area (Å²) in [5.74, 6) is 0.587. The van der Waals surface area contributed by atoms with Crippen molar-refractivity contribution < 1.29 is 14.3 Å². The molecule has 0 saturated heterocycles. The molecule has 0 heterocycles. The maximum absolute atomic E-state index is 8.95. The van der Waals surface area contributed by atoms with E-state index in [0.717, 1.165) is 0 Å². The normalized spacial score (nSPS) is 14.3. The first kappa shape index (κ1) is 19.0. The predicted molar refractivity (Wildman–Crippen MR) is 83.2 cm³/mol. The molecule has 6 heteroatoms. The Hall–Kier alpha value is -0.983. The van der Waals surface area contributed by atoms with Crippen molar-refractivity contribution >= 4 is 8.32 Å². The van der Waals surface area contributed by atoms with Crippen molar-refractivity contribution in [2.24, 2.45) is 5.11 Å². The van der Waals surface area contributed by atoms with Gasteiger partial charge in [-0.25, -0.2) is 5.53 Å². The molecule has 0 aromatic rings. The lowest BCUT2D eigenvalue weighted by atomic mass is 10.2. The summed E-state index contributed by atoms with van der Waals surface area (Å²) in [6.45, 7) is 13.5. The number of nitrogens with one attached hydrogen (secondary N) is 1. The predicted octanol–water partition coefficient (Wildman–Crippen LogP) is 3.84. The molecule has 0 bridgehead atoms. The van der Waals surface area contributed by atoms with E-state index < -0.39 is 8.32 Å². The van der Waals surface area contributed by atoms with E-state index in [4.69, 9.17) is 19.8 Å². The highest BCUT2D eigenvalue weighted by Crippen LogP contribution is 2.36. The van der Waals surface area contributed by atoms with Gasteiger partial charge in [-0.1, -0.05) is 20.8 Å². The number of aliphatic hydroxyl groups is 1. The smallest absolute Gasteiger partial charge is 0.192 e. The van der Waals surface area contributed by atoms with Gasteiger partial charge < -0.3 is 14.3 Å². The lowest BCUT2D eigenvalue weighted by Crippen LogP contribution is -2.41. The summed E-state index contributed by atoms with van der Waals surface area (Å²) in [4.78, 5) is 0. The number of rotatable bonds is 8. The van der Waals surface area contributed by atoms with Crippen molar-refractivity contribution in [2.45, 2.75) is 45.8 Å². The largest absolute Gasteiger partial charge is 0.492 e. The van der Waals surface area contributed by atoms with Gasteiger partial charge in [-0.05, 0) is 31.1 Å². The highest BCUT2D eigenvalue weighted by atomic mass is 28.4. The molecule has 116 valence electrons. The zero-order valence-corrected chi connectivity index (χ0v) is 14.5. The van der Waals surface area contributed by atoms with Crippen molar-refractivity contribution in [1.29, 1.82) is 5.53 Å². The fraction of sp³-hybridized carbons (Fsp3) is 0.714. The average molecular weight is 300 g/mol. The van der Waals surface area contributed by atoms with Crippen molar-refractivity contribution in [3.63, 3.8) is 0 Å². The van der Waals surface area contributed by atoms with E-state index in [9.17, 15) is 0 Å². The molecular weight excluding hydrogens is 272 g/mol. The average Bonchev–Trinajstić information content (AvgIpc) is 2.36. The summed E-state index contributed by atoms with van der Waals surface area (Å²) in [6.07, 6.45) is 3.33. The van der Waals surface area contributed by atoms with Gasteiger partial charge in [0.2, 0.25) is 0 Å². The van der Waals surface area contributed by atoms with E-state index in [2.05, 4.69) is 39.0 Å². The second kappa shape index (κ2) is 8.34. The van der Waals surface area contributed by atoms with Crippen LogP contribution >= 0.6 is 0 Å². The maximum atomic E-state index is 8.95. The van der Waals surface area contributed by atoms with E-state index in [0.29, 0.717) is 19.0 Å². The van der Waals surface area contributed by atoms with Gasteiger partial charge in [-0.2, -0.15) is 5.11 Å². The van der Waals surface area contributed by atoms with Gasteiger partial charge in [0.25, 0.3) is 0 Å². The van der Waals surface area contributed by atoms with Crippen molar-refractivity contribution in [1.82, 2.24) is 0 Å². The summed E-state index contributed by atoms with van der Waals surface area (Å²) in [7, 11) is -1.74. The molecule has 0 atom stereocenters. The fourth-order valence-electron chi connectivity index (χ4n) is 1.16. The van der Waals surface area contributed by atoms with E-state index in [-0.39, 0.29) is 17.3 Å². The summed E-state index contributed by atoms with van der Waals surface area (Å²) < 4.78 is 11.6. The second-order valence-electron chi connectivity index (χ2n) is 6.05. The van der Waals surface area contributed by atoms with Crippen molar-refractivity contribution in [2.75, 3.05) is 19.8 Å². The molecule has 0 saturated carbocycles. The minimum Gasteiger partial charge on any atom is -0.492 e. The molecule has 20 heavy (non-hydrogen) atoms. The fourth-order valence-corrected chi connectivity index (χ4v) is 2.19. The molecule has 0 radical (unpaired) electrons. The van der Waals surface area contributed by atoms with Crippen LogP contribution in [-0.4, -0.2) is 33.2 Å². The molecule has 0 aliphatic heterocycles. The zero-order chi connectivity index (χ0) is 15.8. The Labute approximate surface area is 123 Å². The third-order valence-electron chi connectivity index (χ3n) is 3.52. The van der Waals surface area contributed by atoms with E-state index in [1.165, 1.54) is 0 Å². The number of ether oxygens (including phenoxy) is 1. The van der Waals surface area contributed by atoms with Crippen LogP contribution in [0, 0.1) is 5.53 Å². The standard InChI is InChI=1S/C14H28N2O3Si/c1-7-13(10-12(11-17)16-15)18-8-9-19-20(5,6)14(2,3)4/h7,10,15,17H,8-9,11H2,1-6H3/b12-10-,13-7+,16-15?. The Morgan fingerprint density at radius 3 is 2.30 bits per heavy atom. The number of hydrogen-bond acceptors (Lipinski definition) is 5. The van der Waals surface area contributed by atoms with Crippen LogP contribution in [0.25, 0.3) is 0 Å². The zero-order valence-electron chi connectivity index (χ0n) is 13.5. The maximum Gasteiger partial charge on any atom is 0.192 e. The molecule has 0 aromatic carbocycles.